The molecule has 0 saturated heterocycles. The number of carbonyl (C=O) groups excluding carboxylic acids is 1. The molecule has 0 radical (unpaired) electrons. The van der Waals surface area contributed by atoms with E-state index in [0.717, 1.165) is 23.9 Å². The van der Waals surface area contributed by atoms with Gasteiger partial charge in [0.15, 0.2) is 0 Å². The van der Waals surface area contributed by atoms with Crippen molar-refractivity contribution in [2.24, 2.45) is 5.73 Å². The van der Waals surface area contributed by atoms with Crippen molar-refractivity contribution >= 4 is 34.2 Å². The number of hydrogen-bond donors (Lipinski definition) is 2. The zero-order valence-corrected chi connectivity index (χ0v) is 14.2. The fraction of sp³-hybridized carbons (Fsp3) is 0.643. The second-order valence-corrected chi connectivity index (χ2v) is 6.35. The summed E-state index contributed by atoms with van der Waals surface area (Å²) in [6, 6.07) is 1.85. The molecule has 6 heteroatoms. The number of aromatic nitrogens is 1. The number of halogens is 2. The summed E-state index contributed by atoms with van der Waals surface area (Å²) in [6.45, 7) is 3.37. The fourth-order valence-electron chi connectivity index (χ4n) is 2.71. The van der Waals surface area contributed by atoms with Crippen LogP contribution in [0.4, 0.5) is 0 Å². The molecule has 1 aliphatic rings. The second-order valence-electron chi connectivity index (χ2n) is 5.44. The maximum Gasteiger partial charge on any atom is 0.268 e. The zero-order chi connectivity index (χ0) is 13.9. The summed E-state index contributed by atoms with van der Waals surface area (Å²) in [6.07, 6.45) is 7.54. The Bertz CT molecular complexity index is 455. The van der Waals surface area contributed by atoms with E-state index >= 15 is 0 Å². The van der Waals surface area contributed by atoms with Crippen molar-refractivity contribution in [2.45, 2.75) is 51.1 Å². The molecule has 0 unspecified atom stereocenters. The molecule has 114 valence electrons. The van der Waals surface area contributed by atoms with Crippen LogP contribution in [0.1, 0.15) is 49.5 Å². The van der Waals surface area contributed by atoms with E-state index in [-0.39, 0.29) is 23.9 Å². The Morgan fingerprint density at radius 3 is 2.70 bits per heavy atom. The van der Waals surface area contributed by atoms with Gasteiger partial charge in [0.25, 0.3) is 5.91 Å². The number of hydrogen-bond acceptors (Lipinski definition) is 2. The van der Waals surface area contributed by atoms with Crippen LogP contribution in [0.2, 0.25) is 0 Å². The quantitative estimate of drug-likeness (QED) is 0.862. The van der Waals surface area contributed by atoms with Crippen molar-refractivity contribution in [1.82, 2.24) is 9.88 Å². The molecule has 0 spiro atoms. The molecular formula is C14H23BrClN3O. The molecule has 1 heterocycles. The van der Waals surface area contributed by atoms with Crippen LogP contribution < -0.4 is 11.1 Å². The van der Waals surface area contributed by atoms with Crippen molar-refractivity contribution < 1.29 is 4.79 Å². The Morgan fingerprint density at radius 2 is 2.10 bits per heavy atom. The minimum atomic E-state index is -0.214. The van der Waals surface area contributed by atoms with E-state index in [2.05, 4.69) is 21.2 Å². The van der Waals surface area contributed by atoms with E-state index < -0.39 is 0 Å². The lowest BCUT2D eigenvalue weighted by molar-refractivity contribution is 0.0928. The Kier molecular flexibility index (Phi) is 6.55. The third kappa shape index (κ3) is 4.24. The minimum absolute atomic E-state index is 0. The highest BCUT2D eigenvalue weighted by Gasteiger charge is 2.28. The van der Waals surface area contributed by atoms with Crippen LogP contribution in [0.25, 0.3) is 0 Å². The molecule has 1 aliphatic carbocycles. The molecule has 1 amide bonds. The van der Waals surface area contributed by atoms with Crippen LogP contribution in [0.3, 0.4) is 0 Å². The Hall–Kier alpha value is -0.520. The highest BCUT2D eigenvalue weighted by atomic mass is 79.9. The largest absolute Gasteiger partial charge is 0.349 e. The standard InChI is InChI=1S/C14H22BrN3O.ClH/c1-2-18-9-11(15)8-12(18)13(19)17-10-14(16)6-4-3-5-7-14;/h8-9H,2-7,10,16H2,1H3,(H,17,19);1H. The monoisotopic (exact) mass is 363 g/mol. The summed E-state index contributed by atoms with van der Waals surface area (Å²) in [5.74, 6) is -0.0389. The van der Waals surface area contributed by atoms with Crippen molar-refractivity contribution in [1.29, 1.82) is 0 Å². The van der Waals surface area contributed by atoms with E-state index in [9.17, 15) is 4.79 Å². The summed E-state index contributed by atoms with van der Waals surface area (Å²) < 4.78 is 2.86. The smallest absolute Gasteiger partial charge is 0.268 e. The maximum atomic E-state index is 12.2. The number of rotatable bonds is 4. The average Bonchev–Trinajstić information content (AvgIpc) is 2.78. The van der Waals surface area contributed by atoms with E-state index in [4.69, 9.17) is 5.73 Å². The fourth-order valence-corrected chi connectivity index (χ4v) is 3.17. The highest BCUT2D eigenvalue weighted by Crippen LogP contribution is 2.25. The number of carbonyl (C=O) groups is 1. The van der Waals surface area contributed by atoms with Gasteiger partial charge in [-0.2, -0.15) is 0 Å². The molecule has 1 aromatic heterocycles. The maximum absolute atomic E-state index is 12.2. The van der Waals surface area contributed by atoms with Gasteiger partial charge < -0.3 is 15.6 Å². The van der Waals surface area contributed by atoms with E-state index in [0.29, 0.717) is 12.2 Å². The van der Waals surface area contributed by atoms with Crippen LogP contribution in [0, 0.1) is 0 Å². The SMILES string of the molecule is CCn1cc(Br)cc1C(=O)NCC1(N)CCCCC1.Cl. The topological polar surface area (TPSA) is 60.0 Å². The molecule has 4 nitrogen and oxygen atoms in total. The zero-order valence-electron chi connectivity index (χ0n) is 11.8. The molecule has 0 bridgehead atoms. The summed E-state index contributed by atoms with van der Waals surface area (Å²) >= 11 is 3.40. The van der Waals surface area contributed by atoms with Gasteiger partial charge in [-0.3, -0.25) is 4.79 Å². The molecule has 1 saturated carbocycles. The number of nitrogens with one attached hydrogen (secondary N) is 1. The Labute approximate surface area is 135 Å². The predicted molar refractivity (Wildman–Crippen MR) is 87.4 cm³/mol. The molecule has 0 aliphatic heterocycles. The second kappa shape index (κ2) is 7.48. The highest BCUT2D eigenvalue weighted by molar-refractivity contribution is 9.10. The summed E-state index contributed by atoms with van der Waals surface area (Å²) in [7, 11) is 0. The number of aryl methyl sites for hydroxylation is 1. The van der Waals surface area contributed by atoms with Crippen LogP contribution in [-0.4, -0.2) is 22.6 Å². The van der Waals surface area contributed by atoms with Gasteiger partial charge in [0, 0.05) is 29.3 Å². The number of nitrogens with zero attached hydrogens (tertiary/aromatic N) is 1. The average molecular weight is 365 g/mol. The molecule has 0 aromatic carbocycles. The number of nitrogens with two attached hydrogens (primary N) is 1. The summed E-state index contributed by atoms with van der Waals surface area (Å²) in [5, 5.41) is 2.99. The summed E-state index contributed by atoms with van der Waals surface area (Å²) in [5.41, 5.74) is 6.81. The van der Waals surface area contributed by atoms with Crippen LogP contribution in [-0.2, 0) is 6.54 Å². The van der Waals surface area contributed by atoms with E-state index in [1.807, 2.05) is 23.8 Å². The third-order valence-electron chi connectivity index (χ3n) is 3.89. The molecule has 20 heavy (non-hydrogen) atoms. The lowest BCUT2D eigenvalue weighted by Crippen LogP contribution is -2.51. The molecule has 1 aromatic rings. The van der Waals surface area contributed by atoms with Gasteiger partial charge in [0.1, 0.15) is 5.69 Å². The van der Waals surface area contributed by atoms with Gasteiger partial charge in [-0.15, -0.1) is 12.4 Å². The van der Waals surface area contributed by atoms with E-state index in [1.54, 1.807) is 0 Å². The van der Waals surface area contributed by atoms with Crippen molar-refractivity contribution in [2.75, 3.05) is 6.54 Å². The normalized spacial score (nSPS) is 17.4. The Balaban J connectivity index is 0.00000200. The van der Waals surface area contributed by atoms with Crippen molar-refractivity contribution in [3.05, 3.63) is 22.4 Å². The van der Waals surface area contributed by atoms with Gasteiger partial charge in [-0.25, -0.2) is 0 Å². The molecule has 3 N–H and O–H groups in total. The van der Waals surface area contributed by atoms with Crippen molar-refractivity contribution in [3.63, 3.8) is 0 Å². The van der Waals surface area contributed by atoms with Gasteiger partial charge in [-0.05, 0) is 41.8 Å². The first kappa shape index (κ1) is 17.5. The minimum Gasteiger partial charge on any atom is -0.349 e. The Morgan fingerprint density at radius 1 is 1.45 bits per heavy atom. The lowest BCUT2D eigenvalue weighted by Gasteiger charge is -2.33. The van der Waals surface area contributed by atoms with E-state index in [1.165, 1.54) is 19.3 Å². The van der Waals surface area contributed by atoms with Crippen LogP contribution >= 0.6 is 28.3 Å². The van der Waals surface area contributed by atoms with Crippen LogP contribution in [0.15, 0.2) is 16.7 Å². The van der Waals surface area contributed by atoms with Crippen molar-refractivity contribution in [3.8, 4) is 0 Å². The lowest BCUT2D eigenvalue weighted by atomic mass is 9.82. The first-order valence-corrected chi connectivity index (χ1v) is 7.76. The predicted octanol–water partition coefficient (Wildman–Crippen LogP) is 3.08. The van der Waals surface area contributed by atoms with Crippen LogP contribution in [0.5, 0.6) is 0 Å². The van der Waals surface area contributed by atoms with Gasteiger partial charge in [0.05, 0.1) is 0 Å². The molecule has 2 rings (SSSR count). The van der Waals surface area contributed by atoms with Gasteiger partial charge in [-0.1, -0.05) is 19.3 Å². The molecule has 1 fully saturated rings. The molecule has 0 atom stereocenters. The summed E-state index contributed by atoms with van der Waals surface area (Å²) in [4.78, 5) is 12.2. The number of amides is 1. The van der Waals surface area contributed by atoms with Gasteiger partial charge >= 0.3 is 0 Å². The van der Waals surface area contributed by atoms with Gasteiger partial charge in [0.2, 0.25) is 0 Å². The first-order valence-electron chi connectivity index (χ1n) is 6.97. The third-order valence-corrected chi connectivity index (χ3v) is 4.32. The molecular weight excluding hydrogens is 342 g/mol. The first-order chi connectivity index (χ1) is 9.04.